The van der Waals surface area contributed by atoms with Gasteiger partial charge in [0.25, 0.3) is 0 Å². The second-order valence-electron chi connectivity index (χ2n) is 5.77. The van der Waals surface area contributed by atoms with Crippen LogP contribution in [0.2, 0.25) is 0 Å². The third kappa shape index (κ3) is 3.27. The average Bonchev–Trinajstić information content (AvgIpc) is 2.62. The van der Waals surface area contributed by atoms with Gasteiger partial charge in [-0.15, -0.1) is 0 Å². The molecular formula is C16H20N6O2. The monoisotopic (exact) mass is 328 g/mol. The summed E-state index contributed by atoms with van der Waals surface area (Å²) in [5, 5.41) is 14.7. The zero-order valence-electron chi connectivity index (χ0n) is 13.6. The van der Waals surface area contributed by atoms with Crippen LogP contribution in [0.4, 0.5) is 23.0 Å². The molecule has 0 bridgehead atoms. The lowest BCUT2D eigenvalue weighted by Crippen LogP contribution is -2.40. The maximum Gasteiger partial charge on any atom is 0.353 e. The number of piperidine rings is 1. The number of nitrogens with zero attached hydrogens (tertiary/aromatic N) is 5. The topological polar surface area (TPSA) is 97.1 Å². The third-order valence-electron chi connectivity index (χ3n) is 4.28. The number of rotatable bonds is 5. The molecule has 0 amide bonds. The van der Waals surface area contributed by atoms with Gasteiger partial charge in [0.2, 0.25) is 11.6 Å². The Kier molecular flexibility index (Phi) is 4.83. The Morgan fingerprint density at radius 1 is 1.42 bits per heavy atom. The molecule has 1 aliphatic rings. The summed E-state index contributed by atoms with van der Waals surface area (Å²) in [4.78, 5) is 25.7. The Hall–Kier alpha value is -2.77. The largest absolute Gasteiger partial charge is 0.353 e. The first-order valence-corrected chi connectivity index (χ1v) is 8.13. The molecule has 126 valence electrons. The van der Waals surface area contributed by atoms with E-state index in [4.69, 9.17) is 0 Å². The summed E-state index contributed by atoms with van der Waals surface area (Å²) in [5.41, 5.74) is 0.567. The minimum absolute atomic E-state index is 0.0818. The second kappa shape index (κ2) is 7.20. The highest BCUT2D eigenvalue weighted by Gasteiger charge is 2.31. The van der Waals surface area contributed by atoms with Gasteiger partial charge in [-0.25, -0.2) is 9.97 Å². The average molecular weight is 328 g/mol. The number of hydrogen-bond acceptors (Lipinski definition) is 7. The summed E-state index contributed by atoms with van der Waals surface area (Å²) in [6.07, 6.45) is 8.75. The van der Waals surface area contributed by atoms with E-state index in [1.807, 2.05) is 0 Å². The number of aromatic nitrogens is 3. The van der Waals surface area contributed by atoms with Gasteiger partial charge in [-0.3, -0.25) is 15.1 Å². The van der Waals surface area contributed by atoms with E-state index in [1.165, 1.54) is 6.33 Å². The summed E-state index contributed by atoms with van der Waals surface area (Å²) in [5.74, 6) is 0.589. The van der Waals surface area contributed by atoms with E-state index in [0.717, 1.165) is 32.2 Å². The lowest BCUT2D eigenvalue weighted by molar-refractivity contribution is -0.383. The van der Waals surface area contributed by atoms with Gasteiger partial charge in [0, 0.05) is 18.8 Å². The van der Waals surface area contributed by atoms with Crippen molar-refractivity contribution in [3.8, 4) is 0 Å². The molecule has 8 heteroatoms. The Bertz CT molecular complexity index is 709. The maximum absolute atomic E-state index is 11.7. The first kappa shape index (κ1) is 16.1. The zero-order valence-corrected chi connectivity index (χ0v) is 13.6. The molecule has 3 heterocycles. The highest BCUT2D eigenvalue weighted by molar-refractivity contribution is 5.74. The fraction of sp³-hybridized carbons (Fsp3) is 0.438. The van der Waals surface area contributed by atoms with Crippen LogP contribution in [-0.4, -0.2) is 32.5 Å². The van der Waals surface area contributed by atoms with Gasteiger partial charge in [-0.05, 0) is 37.8 Å². The van der Waals surface area contributed by atoms with Crippen LogP contribution in [0.1, 0.15) is 32.6 Å². The van der Waals surface area contributed by atoms with Gasteiger partial charge in [-0.2, -0.15) is 0 Å². The van der Waals surface area contributed by atoms with E-state index >= 15 is 0 Å². The predicted octanol–water partition coefficient (Wildman–Crippen LogP) is 3.29. The molecule has 1 aliphatic heterocycles. The lowest BCUT2D eigenvalue weighted by atomic mass is 10.00. The van der Waals surface area contributed by atoms with E-state index in [-0.39, 0.29) is 17.5 Å². The number of hydrogen-bond donors (Lipinski definition) is 1. The van der Waals surface area contributed by atoms with Crippen LogP contribution in [-0.2, 0) is 0 Å². The Morgan fingerprint density at radius 3 is 3.00 bits per heavy atom. The van der Waals surface area contributed by atoms with Gasteiger partial charge in [0.1, 0.15) is 6.33 Å². The zero-order chi connectivity index (χ0) is 16.9. The molecule has 1 saturated heterocycles. The number of nitrogens with one attached hydrogen (secondary N) is 1. The molecule has 1 unspecified atom stereocenters. The SMILES string of the molecule is CCC1CCCCN1c1ncnc(Nc2cccnc2)c1[N+](=O)[O-]. The van der Waals surface area contributed by atoms with Crippen molar-refractivity contribution in [2.45, 2.75) is 38.6 Å². The molecule has 1 N–H and O–H groups in total. The molecule has 3 rings (SSSR count). The summed E-state index contributed by atoms with van der Waals surface area (Å²) in [6, 6.07) is 3.82. The van der Waals surface area contributed by atoms with Gasteiger partial charge in [-0.1, -0.05) is 6.92 Å². The Labute approximate surface area is 140 Å². The molecular weight excluding hydrogens is 308 g/mol. The van der Waals surface area contributed by atoms with Crippen LogP contribution in [0.3, 0.4) is 0 Å². The normalized spacial score (nSPS) is 17.5. The standard InChI is InChI=1S/C16H20N6O2/c1-2-13-7-3-4-9-21(13)16-14(22(23)24)15(18-11-19-16)20-12-6-5-8-17-10-12/h5-6,8,10-11,13H,2-4,7,9H2,1H3,(H,18,19,20). The minimum Gasteiger partial charge on any atom is -0.348 e. The fourth-order valence-electron chi connectivity index (χ4n) is 3.12. The highest BCUT2D eigenvalue weighted by atomic mass is 16.6. The molecule has 8 nitrogen and oxygen atoms in total. The number of nitro groups is 1. The molecule has 24 heavy (non-hydrogen) atoms. The van der Waals surface area contributed by atoms with Crippen molar-refractivity contribution in [1.82, 2.24) is 15.0 Å². The summed E-state index contributed by atoms with van der Waals surface area (Å²) < 4.78 is 0. The first-order chi connectivity index (χ1) is 11.7. The number of pyridine rings is 1. The van der Waals surface area contributed by atoms with Crippen molar-refractivity contribution in [1.29, 1.82) is 0 Å². The van der Waals surface area contributed by atoms with Crippen molar-refractivity contribution >= 4 is 23.0 Å². The van der Waals surface area contributed by atoms with Gasteiger partial charge < -0.3 is 10.2 Å². The van der Waals surface area contributed by atoms with Crippen LogP contribution in [0.25, 0.3) is 0 Å². The number of anilines is 3. The summed E-state index contributed by atoms with van der Waals surface area (Å²) in [6.45, 7) is 2.88. The molecule has 0 saturated carbocycles. The summed E-state index contributed by atoms with van der Waals surface area (Å²) in [7, 11) is 0. The van der Waals surface area contributed by atoms with Crippen molar-refractivity contribution in [2.24, 2.45) is 0 Å². The molecule has 1 atom stereocenters. The van der Waals surface area contributed by atoms with Gasteiger partial charge in [0.05, 0.1) is 16.8 Å². The van der Waals surface area contributed by atoms with E-state index in [2.05, 4.69) is 32.1 Å². The lowest BCUT2D eigenvalue weighted by Gasteiger charge is -2.35. The van der Waals surface area contributed by atoms with Crippen LogP contribution in [0, 0.1) is 10.1 Å². The molecule has 0 aromatic carbocycles. The molecule has 0 radical (unpaired) electrons. The smallest absolute Gasteiger partial charge is 0.348 e. The first-order valence-electron chi connectivity index (χ1n) is 8.13. The third-order valence-corrected chi connectivity index (χ3v) is 4.28. The van der Waals surface area contributed by atoms with E-state index in [9.17, 15) is 10.1 Å². The fourth-order valence-corrected chi connectivity index (χ4v) is 3.12. The molecule has 0 aliphatic carbocycles. The Balaban J connectivity index is 2.00. The maximum atomic E-state index is 11.7. The van der Waals surface area contributed by atoms with Gasteiger partial charge >= 0.3 is 5.69 Å². The quantitative estimate of drug-likeness (QED) is 0.664. The van der Waals surface area contributed by atoms with Crippen LogP contribution in [0.5, 0.6) is 0 Å². The Morgan fingerprint density at radius 2 is 2.29 bits per heavy atom. The minimum atomic E-state index is -0.407. The molecule has 0 spiro atoms. The predicted molar refractivity (Wildman–Crippen MR) is 91.5 cm³/mol. The highest BCUT2D eigenvalue weighted by Crippen LogP contribution is 2.36. The van der Waals surface area contributed by atoms with Crippen molar-refractivity contribution in [3.63, 3.8) is 0 Å². The van der Waals surface area contributed by atoms with Crippen LogP contribution in [0.15, 0.2) is 30.9 Å². The van der Waals surface area contributed by atoms with Gasteiger partial charge in [0.15, 0.2) is 0 Å². The van der Waals surface area contributed by atoms with E-state index < -0.39 is 4.92 Å². The molecule has 2 aromatic heterocycles. The molecule has 1 fully saturated rings. The van der Waals surface area contributed by atoms with E-state index in [1.54, 1.807) is 24.5 Å². The summed E-state index contributed by atoms with van der Waals surface area (Å²) >= 11 is 0. The van der Waals surface area contributed by atoms with Crippen LogP contribution >= 0.6 is 0 Å². The van der Waals surface area contributed by atoms with Crippen LogP contribution < -0.4 is 10.2 Å². The molecule has 2 aromatic rings. The second-order valence-corrected chi connectivity index (χ2v) is 5.77. The van der Waals surface area contributed by atoms with Crippen molar-refractivity contribution < 1.29 is 4.92 Å². The van der Waals surface area contributed by atoms with E-state index in [0.29, 0.717) is 11.5 Å². The van der Waals surface area contributed by atoms with Crippen molar-refractivity contribution in [2.75, 3.05) is 16.8 Å². The van der Waals surface area contributed by atoms with Crippen molar-refractivity contribution in [3.05, 3.63) is 41.0 Å².